The van der Waals surface area contributed by atoms with Crippen LogP contribution in [0.3, 0.4) is 0 Å². The molecule has 1 N–H and O–H groups in total. The summed E-state index contributed by atoms with van der Waals surface area (Å²) in [6.45, 7) is 2.21. The monoisotopic (exact) mass is 382 g/mol. The molecule has 0 saturated carbocycles. The zero-order valence-electron chi connectivity index (χ0n) is 14.9. The van der Waals surface area contributed by atoms with E-state index in [4.69, 9.17) is 4.74 Å². The summed E-state index contributed by atoms with van der Waals surface area (Å²) < 4.78 is 8.00. The van der Waals surface area contributed by atoms with Crippen LogP contribution in [0, 0.1) is 6.92 Å². The molecule has 0 radical (unpaired) electrons. The van der Waals surface area contributed by atoms with Crippen LogP contribution in [0.2, 0.25) is 0 Å². The summed E-state index contributed by atoms with van der Waals surface area (Å²) in [5.41, 5.74) is 1.75. The third kappa shape index (κ3) is 3.19. The number of thiophene rings is 1. The molecule has 0 bridgehead atoms. The van der Waals surface area contributed by atoms with Crippen LogP contribution in [0.15, 0.2) is 46.6 Å². The minimum Gasteiger partial charge on any atom is -0.497 e. The molecule has 8 heteroatoms. The van der Waals surface area contributed by atoms with Crippen molar-refractivity contribution in [2.75, 3.05) is 7.11 Å². The molecule has 1 aromatic carbocycles. The molecule has 27 heavy (non-hydrogen) atoms. The van der Waals surface area contributed by atoms with E-state index in [0.717, 1.165) is 15.8 Å². The number of hydrogen-bond acceptors (Lipinski definition) is 5. The Bertz CT molecular complexity index is 1190. The Morgan fingerprint density at radius 3 is 2.89 bits per heavy atom. The molecular formula is C19H18N4O3S. The number of methoxy groups -OCH3 is 1. The number of rotatable bonds is 5. The Morgan fingerprint density at radius 2 is 2.15 bits per heavy atom. The number of carbonyl (C=O) groups is 1. The van der Waals surface area contributed by atoms with E-state index in [1.807, 2.05) is 42.6 Å². The molecular weight excluding hydrogens is 364 g/mol. The molecule has 0 saturated heterocycles. The first-order valence-electron chi connectivity index (χ1n) is 8.43. The Morgan fingerprint density at radius 1 is 1.30 bits per heavy atom. The van der Waals surface area contributed by atoms with E-state index in [0.29, 0.717) is 23.5 Å². The lowest BCUT2D eigenvalue weighted by Crippen LogP contribution is -2.32. The number of pyridine rings is 1. The van der Waals surface area contributed by atoms with Gasteiger partial charge in [0.05, 0.1) is 19.2 Å². The molecule has 138 valence electrons. The van der Waals surface area contributed by atoms with Gasteiger partial charge in [-0.05, 0) is 47.5 Å². The zero-order valence-corrected chi connectivity index (χ0v) is 15.7. The molecule has 0 aliphatic carbocycles. The van der Waals surface area contributed by atoms with Crippen molar-refractivity contribution in [1.29, 1.82) is 0 Å². The molecule has 7 nitrogen and oxygen atoms in total. The van der Waals surface area contributed by atoms with Crippen LogP contribution in [0.25, 0.3) is 16.6 Å². The largest absolute Gasteiger partial charge is 0.497 e. The summed E-state index contributed by atoms with van der Waals surface area (Å²) >= 11 is 1.57. The molecule has 0 fully saturated rings. The molecule has 3 aromatic heterocycles. The van der Waals surface area contributed by atoms with Crippen LogP contribution < -0.4 is 15.7 Å². The minimum atomic E-state index is -0.349. The van der Waals surface area contributed by atoms with Gasteiger partial charge in [-0.15, -0.1) is 16.4 Å². The highest BCUT2D eigenvalue weighted by Gasteiger charge is 2.15. The fraction of sp³-hybridized carbons (Fsp3) is 0.211. The summed E-state index contributed by atoms with van der Waals surface area (Å²) in [5, 5.41) is 10.0. The normalized spacial score (nSPS) is 11.2. The second-order valence-corrected chi connectivity index (χ2v) is 7.24. The van der Waals surface area contributed by atoms with Crippen LogP contribution in [0.5, 0.6) is 5.75 Å². The van der Waals surface area contributed by atoms with Crippen LogP contribution in [-0.2, 0) is 17.9 Å². The Hall–Kier alpha value is -3.13. The lowest BCUT2D eigenvalue weighted by molar-refractivity contribution is -0.122. The van der Waals surface area contributed by atoms with E-state index in [1.54, 1.807) is 24.5 Å². The van der Waals surface area contributed by atoms with E-state index in [-0.39, 0.29) is 18.1 Å². The van der Waals surface area contributed by atoms with Crippen molar-refractivity contribution >= 4 is 33.8 Å². The standard InChI is InChI=1S/C19H18N4O3S/c1-12-8-13-5-6-14(26-2)9-16(13)23-18(12)21-22(19(23)25)11-17(24)20-10-15-4-3-7-27-15/h3-9H,10-11H2,1-2H3,(H,20,24). The minimum absolute atomic E-state index is 0.128. The fourth-order valence-electron chi connectivity index (χ4n) is 3.04. The average molecular weight is 382 g/mol. The van der Waals surface area contributed by atoms with Crippen molar-refractivity contribution in [3.63, 3.8) is 0 Å². The molecule has 4 rings (SSSR count). The maximum absolute atomic E-state index is 12.9. The third-order valence-corrected chi connectivity index (χ3v) is 5.25. The number of nitrogens with one attached hydrogen (secondary N) is 1. The van der Waals surface area contributed by atoms with Gasteiger partial charge in [0.1, 0.15) is 12.3 Å². The lowest BCUT2D eigenvalue weighted by Gasteiger charge is -2.05. The van der Waals surface area contributed by atoms with Gasteiger partial charge in [0.2, 0.25) is 5.91 Å². The Balaban J connectivity index is 1.70. The van der Waals surface area contributed by atoms with Crippen molar-refractivity contribution in [3.8, 4) is 5.75 Å². The predicted octanol–water partition coefficient (Wildman–Crippen LogP) is 2.34. The van der Waals surface area contributed by atoms with Gasteiger partial charge in [-0.1, -0.05) is 6.07 Å². The second kappa shape index (κ2) is 6.88. The lowest BCUT2D eigenvalue weighted by atomic mass is 10.1. The van der Waals surface area contributed by atoms with Crippen LogP contribution in [0.4, 0.5) is 0 Å². The van der Waals surface area contributed by atoms with E-state index in [1.165, 1.54) is 9.08 Å². The Labute approximate surface area is 158 Å². The first-order chi connectivity index (χ1) is 13.1. The number of hydrogen-bond donors (Lipinski definition) is 1. The maximum Gasteiger partial charge on any atom is 0.351 e. The smallest absolute Gasteiger partial charge is 0.351 e. The average Bonchev–Trinajstić information content (AvgIpc) is 3.29. The first-order valence-corrected chi connectivity index (χ1v) is 9.31. The van der Waals surface area contributed by atoms with Crippen molar-refractivity contribution in [2.45, 2.75) is 20.0 Å². The fourth-order valence-corrected chi connectivity index (χ4v) is 3.68. The topological polar surface area (TPSA) is 77.6 Å². The number of carbonyl (C=O) groups excluding carboxylic acids is 1. The highest BCUT2D eigenvalue weighted by Crippen LogP contribution is 2.23. The van der Waals surface area contributed by atoms with Crippen LogP contribution in [-0.4, -0.2) is 27.2 Å². The highest BCUT2D eigenvalue weighted by atomic mass is 32.1. The third-order valence-electron chi connectivity index (χ3n) is 4.38. The van der Waals surface area contributed by atoms with Crippen molar-refractivity contribution in [2.24, 2.45) is 0 Å². The number of ether oxygens (including phenoxy) is 1. The van der Waals surface area contributed by atoms with Crippen LogP contribution in [0.1, 0.15) is 10.4 Å². The molecule has 3 heterocycles. The molecule has 0 atom stereocenters. The van der Waals surface area contributed by atoms with Gasteiger partial charge < -0.3 is 10.1 Å². The van der Waals surface area contributed by atoms with Crippen molar-refractivity contribution in [1.82, 2.24) is 19.5 Å². The summed E-state index contributed by atoms with van der Waals surface area (Å²) in [4.78, 5) is 26.2. The zero-order chi connectivity index (χ0) is 19.0. The quantitative estimate of drug-likeness (QED) is 0.575. The van der Waals surface area contributed by atoms with Gasteiger partial charge in [0, 0.05) is 10.9 Å². The highest BCUT2D eigenvalue weighted by molar-refractivity contribution is 7.09. The van der Waals surface area contributed by atoms with Gasteiger partial charge >= 0.3 is 5.69 Å². The molecule has 0 aliphatic heterocycles. The summed E-state index contributed by atoms with van der Waals surface area (Å²) in [6.07, 6.45) is 0. The second-order valence-electron chi connectivity index (χ2n) is 6.21. The number of aryl methyl sites for hydroxylation is 1. The molecule has 0 unspecified atom stereocenters. The van der Waals surface area contributed by atoms with Gasteiger partial charge in [-0.3, -0.25) is 4.79 Å². The van der Waals surface area contributed by atoms with E-state index in [2.05, 4.69) is 10.4 Å². The predicted molar refractivity (Wildman–Crippen MR) is 104 cm³/mol. The van der Waals surface area contributed by atoms with Crippen LogP contribution >= 0.6 is 11.3 Å². The van der Waals surface area contributed by atoms with Crippen molar-refractivity contribution < 1.29 is 9.53 Å². The van der Waals surface area contributed by atoms with Gasteiger partial charge in [-0.2, -0.15) is 0 Å². The first kappa shape index (κ1) is 17.3. The van der Waals surface area contributed by atoms with E-state index >= 15 is 0 Å². The maximum atomic E-state index is 12.9. The number of benzene rings is 1. The van der Waals surface area contributed by atoms with Gasteiger partial charge in [0.25, 0.3) is 0 Å². The number of nitrogens with zero attached hydrogens (tertiary/aromatic N) is 3. The summed E-state index contributed by atoms with van der Waals surface area (Å²) in [7, 11) is 1.58. The Kier molecular flexibility index (Phi) is 4.41. The van der Waals surface area contributed by atoms with E-state index < -0.39 is 0 Å². The van der Waals surface area contributed by atoms with Crippen molar-refractivity contribution in [3.05, 3.63) is 62.7 Å². The SMILES string of the molecule is COc1ccc2cc(C)c3nn(CC(=O)NCc4cccs4)c(=O)n3c2c1. The number of amides is 1. The number of fused-ring (bicyclic) bond motifs is 3. The molecule has 1 amide bonds. The number of aromatic nitrogens is 3. The molecule has 0 spiro atoms. The summed E-state index contributed by atoms with van der Waals surface area (Å²) in [5.74, 6) is 0.398. The van der Waals surface area contributed by atoms with E-state index in [9.17, 15) is 9.59 Å². The molecule has 0 aliphatic rings. The summed E-state index contributed by atoms with van der Waals surface area (Å²) in [6, 6.07) is 11.4. The molecule has 4 aromatic rings. The van der Waals surface area contributed by atoms with Gasteiger partial charge in [-0.25, -0.2) is 13.9 Å². The van der Waals surface area contributed by atoms with Gasteiger partial charge in [0.15, 0.2) is 5.65 Å².